The zero-order valence-electron chi connectivity index (χ0n) is 8.42. The summed E-state index contributed by atoms with van der Waals surface area (Å²) in [6.45, 7) is 2.73. The van der Waals surface area contributed by atoms with E-state index < -0.39 is 15.9 Å². The van der Waals surface area contributed by atoms with Crippen LogP contribution in [-0.2, 0) is 14.6 Å². The molecule has 0 bridgehead atoms. The second-order valence-corrected chi connectivity index (χ2v) is 6.13. The van der Waals surface area contributed by atoms with Gasteiger partial charge in [-0.15, -0.1) is 0 Å². The lowest BCUT2D eigenvalue weighted by Gasteiger charge is -2.30. The average Bonchev–Trinajstić information content (AvgIpc) is 2.41. The van der Waals surface area contributed by atoms with Crippen LogP contribution in [0.5, 0.6) is 0 Å². The van der Waals surface area contributed by atoms with Crippen molar-refractivity contribution in [2.45, 2.75) is 12.1 Å². The highest BCUT2D eigenvalue weighted by Gasteiger charge is 2.37. The van der Waals surface area contributed by atoms with E-state index in [9.17, 15) is 13.5 Å². The fraction of sp³-hybridized carbons (Fsp3) is 1.00. The molecule has 0 aliphatic carbocycles. The van der Waals surface area contributed by atoms with Gasteiger partial charge in [-0.3, -0.25) is 0 Å². The van der Waals surface area contributed by atoms with Crippen LogP contribution in [0.15, 0.2) is 0 Å². The molecule has 2 saturated heterocycles. The quantitative estimate of drug-likeness (QED) is 0.576. The van der Waals surface area contributed by atoms with Crippen LogP contribution >= 0.6 is 0 Å². The smallest absolute Gasteiger partial charge is 0.154 e. The van der Waals surface area contributed by atoms with Crippen molar-refractivity contribution in [2.75, 3.05) is 37.8 Å². The molecular formula is C8H16N2O4S. The highest BCUT2D eigenvalue weighted by atomic mass is 32.2. The zero-order chi connectivity index (χ0) is 10.9. The Balaban J connectivity index is 1.89. The number of hydrogen-bond acceptors (Lipinski definition) is 6. The van der Waals surface area contributed by atoms with Crippen molar-refractivity contribution in [2.24, 2.45) is 0 Å². The summed E-state index contributed by atoms with van der Waals surface area (Å²) in [5.74, 6) is -0.111. The van der Waals surface area contributed by atoms with Crippen LogP contribution < -0.4 is 5.43 Å². The Labute approximate surface area is 89.1 Å². The number of aliphatic hydroxyl groups excluding tert-OH is 1. The SMILES string of the molecule is O=S1(=O)CC(O)C(NN2CCOCC2)C1. The van der Waals surface area contributed by atoms with Crippen LogP contribution in [0.1, 0.15) is 0 Å². The van der Waals surface area contributed by atoms with E-state index in [4.69, 9.17) is 4.74 Å². The number of hydrogen-bond donors (Lipinski definition) is 2. The number of sulfone groups is 1. The number of nitrogens with zero attached hydrogens (tertiary/aromatic N) is 1. The number of morpholine rings is 1. The third kappa shape index (κ3) is 2.88. The van der Waals surface area contributed by atoms with Crippen molar-refractivity contribution < 1.29 is 18.3 Å². The number of nitrogens with one attached hydrogen (secondary N) is 1. The molecular weight excluding hydrogens is 220 g/mol. The van der Waals surface area contributed by atoms with E-state index >= 15 is 0 Å². The number of rotatable bonds is 2. The number of ether oxygens (including phenoxy) is 1. The van der Waals surface area contributed by atoms with Gasteiger partial charge in [0.2, 0.25) is 0 Å². The van der Waals surface area contributed by atoms with Gasteiger partial charge in [0.25, 0.3) is 0 Å². The Morgan fingerprint density at radius 1 is 1.27 bits per heavy atom. The summed E-state index contributed by atoms with van der Waals surface area (Å²) in [7, 11) is -3.07. The lowest BCUT2D eigenvalue weighted by molar-refractivity contribution is -0.00581. The molecule has 0 aromatic rings. The van der Waals surface area contributed by atoms with E-state index in [1.165, 1.54) is 0 Å². The summed E-state index contributed by atoms with van der Waals surface area (Å²) < 4.78 is 27.7. The van der Waals surface area contributed by atoms with Gasteiger partial charge >= 0.3 is 0 Å². The molecule has 2 fully saturated rings. The molecule has 0 radical (unpaired) electrons. The van der Waals surface area contributed by atoms with Crippen molar-refractivity contribution in [3.63, 3.8) is 0 Å². The first-order valence-corrected chi connectivity index (χ1v) is 6.86. The fourth-order valence-corrected chi connectivity index (χ4v) is 3.61. The minimum absolute atomic E-state index is 0.0194. The van der Waals surface area contributed by atoms with Gasteiger partial charge < -0.3 is 9.84 Å². The first-order valence-electron chi connectivity index (χ1n) is 5.04. The van der Waals surface area contributed by atoms with E-state index in [0.717, 1.165) is 13.1 Å². The highest BCUT2D eigenvalue weighted by molar-refractivity contribution is 7.91. The maximum atomic E-state index is 11.2. The van der Waals surface area contributed by atoms with E-state index in [0.29, 0.717) is 13.2 Å². The van der Waals surface area contributed by atoms with Gasteiger partial charge in [0, 0.05) is 13.1 Å². The van der Waals surface area contributed by atoms with Crippen molar-refractivity contribution >= 4 is 9.84 Å². The first-order chi connectivity index (χ1) is 7.07. The maximum Gasteiger partial charge on any atom is 0.154 e. The fourth-order valence-electron chi connectivity index (χ4n) is 1.88. The normalized spacial score (nSPS) is 36.9. The summed E-state index contributed by atoms with van der Waals surface area (Å²) in [6.07, 6.45) is -0.794. The van der Waals surface area contributed by atoms with Crippen LogP contribution in [0.3, 0.4) is 0 Å². The molecule has 0 aromatic heterocycles. The van der Waals surface area contributed by atoms with E-state index in [1.807, 2.05) is 5.01 Å². The largest absolute Gasteiger partial charge is 0.390 e. The molecule has 2 aliphatic rings. The Morgan fingerprint density at radius 3 is 2.47 bits per heavy atom. The van der Waals surface area contributed by atoms with Crippen LogP contribution in [0.2, 0.25) is 0 Å². The van der Waals surface area contributed by atoms with Crippen LogP contribution in [0.25, 0.3) is 0 Å². The van der Waals surface area contributed by atoms with Gasteiger partial charge in [-0.1, -0.05) is 0 Å². The molecule has 2 unspecified atom stereocenters. The standard InChI is InChI=1S/C8H16N2O4S/c11-8-6-15(12,13)5-7(8)9-10-1-3-14-4-2-10/h7-9,11H,1-6H2. The maximum absolute atomic E-state index is 11.2. The molecule has 2 heterocycles. The summed E-state index contributed by atoms with van der Waals surface area (Å²) >= 11 is 0. The third-order valence-electron chi connectivity index (χ3n) is 2.68. The monoisotopic (exact) mass is 236 g/mol. The van der Waals surface area contributed by atoms with Gasteiger partial charge in [-0.25, -0.2) is 18.9 Å². The van der Waals surface area contributed by atoms with Gasteiger partial charge in [0.15, 0.2) is 9.84 Å². The molecule has 2 rings (SSSR count). The molecule has 88 valence electrons. The molecule has 0 saturated carbocycles. The Hall–Kier alpha value is -0.210. The minimum Gasteiger partial charge on any atom is -0.390 e. The molecule has 6 nitrogen and oxygen atoms in total. The van der Waals surface area contributed by atoms with Gasteiger partial charge in [0.05, 0.1) is 36.9 Å². The first kappa shape index (κ1) is 11.3. The second-order valence-electron chi connectivity index (χ2n) is 3.98. The molecule has 2 N–H and O–H groups in total. The van der Waals surface area contributed by atoms with Crippen molar-refractivity contribution in [1.29, 1.82) is 0 Å². The van der Waals surface area contributed by atoms with Crippen LogP contribution in [0.4, 0.5) is 0 Å². The van der Waals surface area contributed by atoms with Gasteiger partial charge in [-0.05, 0) is 0 Å². The summed E-state index contributed by atoms with van der Waals surface area (Å²) in [6, 6.07) is -0.368. The second kappa shape index (κ2) is 4.34. The molecule has 2 atom stereocenters. The lowest BCUT2D eigenvalue weighted by Crippen LogP contribution is -2.53. The number of hydrazine groups is 1. The van der Waals surface area contributed by atoms with Crippen molar-refractivity contribution in [3.05, 3.63) is 0 Å². The molecule has 7 heteroatoms. The minimum atomic E-state index is -3.07. The van der Waals surface area contributed by atoms with E-state index in [-0.39, 0.29) is 17.5 Å². The van der Waals surface area contributed by atoms with E-state index in [1.54, 1.807) is 0 Å². The highest BCUT2D eigenvalue weighted by Crippen LogP contribution is 2.13. The predicted molar refractivity (Wildman–Crippen MR) is 54.0 cm³/mol. The molecule has 15 heavy (non-hydrogen) atoms. The Bertz CT molecular complexity index is 313. The summed E-state index contributed by atoms with van der Waals surface area (Å²) in [4.78, 5) is 0. The molecule has 2 aliphatic heterocycles. The molecule has 0 aromatic carbocycles. The summed E-state index contributed by atoms with van der Waals surface area (Å²) in [5, 5.41) is 11.5. The predicted octanol–water partition coefficient (Wildman–Crippen LogP) is -2.02. The van der Waals surface area contributed by atoms with Crippen molar-refractivity contribution in [1.82, 2.24) is 10.4 Å². The zero-order valence-corrected chi connectivity index (χ0v) is 9.24. The topological polar surface area (TPSA) is 78.9 Å². The van der Waals surface area contributed by atoms with Crippen LogP contribution in [-0.4, -0.2) is 68.5 Å². The summed E-state index contributed by atoms with van der Waals surface area (Å²) in [5.41, 5.74) is 3.05. The Morgan fingerprint density at radius 2 is 1.93 bits per heavy atom. The molecule has 0 amide bonds. The van der Waals surface area contributed by atoms with Crippen molar-refractivity contribution in [3.8, 4) is 0 Å². The number of aliphatic hydroxyl groups is 1. The van der Waals surface area contributed by atoms with Gasteiger partial charge in [0.1, 0.15) is 0 Å². The average molecular weight is 236 g/mol. The van der Waals surface area contributed by atoms with E-state index in [2.05, 4.69) is 5.43 Å². The van der Waals surface area contributed by atoms with Crippen LogP contribution in [0, 0.1) is 0 Å². The molecule has 0 spiro atoms. The van der Waals surface area contributed by atoms with Gasteiger partial charge in [-0.2, -0.15) is 0 Å². The Kier molecular flexibility index (Phi) is 3.27. The lowest BCUT2D eigenvalue weighted by atomic mass is 10.2. The third-order valence-corrected chi connectivity index (χ3v) is 4.40.